The van der Waals surface area contributed by atoms with Gasteiger partial charge in [-0.25, -0.2) is 0 Å². The monoisotopic (exact) mass is 285 g/mol. The zero-order valence-electron chi connectivity index (χ0n) is 8.80. The highest BCUT2D eigenvalue weighted by molar-refractivity contribution is 6.32. The standard InChI is InChI=1S/C11H11ClF3N.ClH/c12-9-7(10(16)6-4-5-6)2-1-3-8(9)11(13,14)15;/h1-3,6,10H,4-5,16H2;1H. The van der Waals surface area contributed by atoms with Gasteiger partial charge in [0.25, 0.3) is 0 Å². The van der Waals surface area contributed by atoms with Crippen LogP contribution in [-0.2, 0) is 6.18 Å². The van der Waals surface area contributed by atoms with Crippen molar-refractivity contribution in [2.75, 3.05) is 0 Å². The summed E-state index contributed by atoms with van der Waals surface area (Å²) >= 11 is 5.76. The van der Waals surface area contributed by atoms with Gasteiger partial charge in [-0.15, -0.1) is 12.4 Å². The third-order valence-corrected chi connectivity index (χ3v) is 3.24. The van der Waals surface area contributed by atoms with Crippen LogP contribution in [0.25, 0.3) is 0 Å². The Hall–Kier alpha value is -0.450. The van der Waals surface area contributed by atoms with E-state index >= 15 is 0 Å². The third-order valence-electron chi connectivity index (χ3n) is 2.82. The molecule has 0 heterocycles. The van der Waals surface area contributed by atoms with Gasteiger partial charge in [-0.05, 0) is 30.4 Å². The van der Waals surface area contributed by atoms with Gasteiger partial charge in [0.2, 0.25) is 0 Å². The third kappa shape index (κ3) is 3.06. The van der Waals surface area contributed by atoms with E-state index in [1.54, 1.807) is 6.07 Å². The lowest BCUT2D eigenvalue weighted by Crippen LogP contribution is -2.15. The smallest absolute Gasteiger partial charge is 0.324 e. The minimum absolute atomic E-state index is 0. The first-order valence-electron chi connectivity index (χ1n) is 5.02. The average molecular weight is 286 g/mol. The number of halogens is 5. The molecule has 1 fully saturated rings. The number of rotatable bonds is 2. The Balaban J connectivity index is 0.00000144. The molecule has 1 aromatic rings. The molecular formula is C11H12Cl2F3N. The Morgan fingerprint density at radius 2 is 1.88 bits per heavy atom. The van der Waals surface area contributed by atoms with Crippen molar-refractivity contribution < 1.29 is 13.2 Å². The molecule has 0 amide bonds. The van der Waals surface area contributed by atoms with Gasteiger partial charge >= 0.3 is 6.18 Å². The Labute approximate surface area is 109 Å². The molecule has 2 N–H and O–H groups in total. The van der Waals surface area contributed by atoms with Crippen LogP contribution < -0.4 is 5.73 Å². The van der Waals surface area contributed by atoms with E-state index in [4.69, 9.17) is 17.3 Å². The highest BCUT2D eigenvalue weighted by Crippen LogP contribution is 2.44. The van der Waals surface area contributed by atoms with Crippen molar-refractivity contribution in [1.82, 2.24) is 0 Å². The fourth-order valence-corrected chi connectivity index (χ4v) is 2.09. The van der Waals surface area contributed by atoms with Crippen LogP contribution in [0, 0.1) is 5.92 Å². The minimum Gasteiger partial charge on any atom is -0.324 e. The number of alkyl halides is 3. The molecule has 0 radical (unpaired) electrons. The van der Waals surface area contributed by atoms with E-state index in [9.17, 15) is 13.2 Å². The topological polar surface area (TPSA) is 26.0 Å². The summed E-state index contributed by atoms with van der Waals surface area (Å²) < 4.78 is 37.8. The zero-order chi connectivity index (χ0) is 11.9. The molecule has 2 rings (SSSR count). The molecule has 96 valence electrons. The van der Waals surface area contributed by atoms with Crippen molar-refractivity contribution in [2.45, 2.75) is 25.1 Å². The van der Waals surface area contributed by atoms with Crippen LogP contribution in [0.3, 0.4) is 0 Å². The summed E-state index contributed by atoms with van der Waals surface area (Å²) in [6.07, 6.45) is -2.49. The maximum absolute atomic E-state index is 12.6. The van der Waals surface area contributed by atoms with Gasteiger partial charge in [0.15, 0.2) is 0 Å². The van der Waals surface area contributed by atoms with Crippen molar-refractivity contribution in [3.05, 3.63) is 34.3 Å². The highest BCUT2D eigenvalue weighted by Gasteiger charge is 2.36. The molecule has 1 aliphatic rings. The molecule has 1 aliphatic carbocycles. The lowest BCUT2D eigenvalue weighted by atomic mass is 10.0. The second-order valence-corrected chi connectivity index (χ2v) is 4.45. The van der Waals surface area contributed by atoms with Crippen LogP contribution in [0.2, 0.25) is 5.02 Å². The molecule has 0 aliphatic heterocycles. The van der Waals surface area contributed by atoms with Gasteiger partial charge in [0.05, 0.1) is 10.6 Å². The molecule has 1 nitrogen and oxygen atoms in total. The van der Waals surface area contributed by atoms with Gasteiger partial charge in [-0.3, -0.25) is 0 Å². The van der Waals surface area contributed by atoms with E-state index < -0.39 is 11.7 Å². The van der Waals surface area contributed by atoms with E-state index in [0.29, 0.717) is 5.56 Å². The van der Waals surface area contributed by atoms with E-state index in [0.717, 1.165) is 18.9 Å². The Bertz CT molecular complexity index is 402. The molecule has 1 saturated carbocycles. The molecule has 1 unspecified atom stereocenters. The Morgan fingerprint density at radius 1 is 1.29 bits per heavy atom. The molecule has 17 heavy (non-hydrogen) atoms. The van der Waals surface area contributed by atoms with E-state index in [1.165, 1.54) is 6.07 Å². The van der Waals surface area contributed by atoms with E-state index in [1.807, 2.05) is 0 Å². The fraction of sp³-hybridized carbons (Fsp3) is 0.455. The van der Waals surface area contributed by atoms with Crippen molar-refractivity contribution in [1.29, 1.82) is 0 Å². The normalized spacial score (nSPS) is 17.5. The van der Waals surface area contributed by atoms with Crippen LogP contribution in [0.5, 0.6) is 0 Å². The molecule has 0 aromatic heterocycles. The van der Waals surface area contributed by atoms with Gasteiger partial charge in [-0.1, -0.05) is 23.7 Å². The average Bonchev–Trinajstić information content (AvgIpc) is 2.98. The maximum Gasteiger partial charge on any atom is 0.417 e. The first-order valence-corrected chi connectivity index (χ1v) is 5.40. The largest absolute Gasteiger partial charge is 0.417 e. The lowest BCUT2D eigenvalue weighted by molar-refractivity contribution is -0.137. The first-order chi connectivity index (χ1) is 7.41. The van der Waals surface area contributed by atoms with Gasteiger partial charge in [0.1, 0.15) is 0 Å². The van der Waals surface area contributed by atoms with Crippen LogP contribution in [0.15, 0.2) is 18.2 Å². The summed E-state index contributed by atoms with van der Waals surface area (Å²) in [5.74, 6) is 0.279. The predicted molar refractivity (Wildman–Crippen MR) is 63.4 cm³/mol. The Morgan fingerprint density at radius 3 is 2.35 bits per heavy atom. The number of benzene rings is 1. The van der Waals surface area contributed by atoms with Crippen molar-refractivity contribution in [3.8, 4) is 0 Å². The zero-order valence-corrected chi connectivity index (χ0v) is 10.4. The lowest BCUT2D eigenvalue weighted by Gasteiger charge is -2.16. The van der Waals surface area contributed by atoms with E-state index in [2.05, 4.69) is 0 Å². The predicted octanol–water partition coefficient (Wildman–Crippen LogP) is 4.19. The molecule has 6 heteroatoms. The molecular weight excluding hydrogens is 274 g/mol. The maximum atomic E-state index is 12.6. The summed E-state index contributed by atoms with van der Waals surface area (Å²) in [5.41, 5.74) is 5.46. The molecule has 0 spiro atoms. The van der Waals surface area contributed by atoms with Gasteiger partial charge < -0.3 is 5.73 Å². The second kappa shape index (κ2) is 5.04. The summed E-state index contributed by atoms with van der Waals surface area (Å²) in [7, 11) is 0. The number of hydrogen-bond acceptors (Lipinski definition) is 1. The van der Waals surface area contributed by atoms with E-state index in [-0.39, 0.29) is 29.4 Å². The van der Waals surface area contributed by atoms with Gasteiger partial charge in [0, 0.05) is 6.04 Å². The Kier molecular flexibility index (Phi) is 4.33. The van der Waals surface area contributed by atoms with Crippen LogP contribution in [0.1, 0.15) is 30.0 Å². The first kappa shape index (κ1) is 14.6. The minimum atomic E-state index is -4.42. The fourth-order valence-electron chi connectivity index (χ4n) is 1.74. The van der Waals surface area contributed by atoms with Crippen molar-refractivity contribution in [2.24, 2.45) is 11.7 Å². The summed E-state index contributed by atoms with van der Waals surface area (Å²) in [6.45, 7) is 0. The van der Waals surface area contributed by atoms with Crippen LogP contribution in [0.4, 0.5) is 13.2 Å². The van der Waals surface area contributed by atoms with Crippen molar-refractivity contribution >= 4 is 24.0 Å². The molecule has 1 aromatic carbocycles. The summed E-state index contributed by atoms with van der Waals surface area (Å²) in [4.78, 5) is 0. The quantitative estimate of drug-likeness (QED) is 0.866. The highest BCUT2D eigenvalue weighted by atomic mass is 35.5. The molecule has 0 bridgehead atoms. The number of hydrogen-bond donors (Lipinski definition) is 1. The summed E-state index contributed by atoms with van der Waals surface area (Å²) in [5, 5.41) is -0.255. The van der Waals surface area contributed by atoms with Crippen molar-refractivity contribution in [3.63, 3.8) is 0 Å². The second-order valence-electron chi connectivity index (χ2n) is 4.07. The van der Waals surface area contributed by atoms with Gasteiger partial charge in [-0.2, -0.15) is 13.2 Å². The summed E-state index contributed by atoms with van der Waals surface area (Å²) in [6, 6.07) is 3.52. The SMILES string of the molecule is Cl.NC(c1cccc(C(F)(F)F)c1Cl)C1CC1. The van der Waals surface area contributed by atoms with Crippen LogP contribution in [-0.4, -0.2) is 0 Å². The molecule has 1 atom stereocenters. The van der Waals surface area contributed by atoms with Crippen LogP contribution >= 0.6 is 24.0 Å². The number of nitrogens with two attached hydrogens (primary N) is 1. The molecule has 0 saturated heterocycles.